The van der Waals surface area contributed by atoms with Crippen molar-refractivity contribution in [3.8, 4) is 5.75 Å². The van der Waals surface area contributed by atoms with Gasteiger partial charge in [-0.1, -0.05) is 18.2 Å². The fraction of sp³-hybridized carbons (Fsp3) is 0.391. The summed E-state index contributed by atoms with van der Waals surface area (Å²) in [4.78, 5) is 26.4. The van der Waals surface area contributed by atoms with Crippen LogP contribution in [0.5, 0.6) is 5.75 Å². The fourth-order valence-electron chi connectivity index (χ4n) is 3.51. The molecule has 2 aromatic rings. The molecule has 1 fully saturated rings. The lowest BCUT2D eigenvalue weighted by Gasteiger charge is -2.31. The first-order chi connectivity index (χ1) is 14.5. The minimum atomic E-state index is -0.315. The summed E-state index contributed by atoms with van der Waals surface area (Å²) < 4.78 is 19.0. The summed E-state index contributed by atoms with van der Waals surface area (Å²) in [5.41, 5.74) is 1.20. The third kappa shape index (κ3) is 6.20. The van der Waals surface area contributed by atoms with E-state index in [1.807, 2.05) is 31.2 Å². The van der Waals surface area contributed by atoms with E-state index in [1.165, 1.54) is 6.07 Å². The maximum Gasteiger partial charge on any atom is 0.321 e. The number of anilines is 1. The molecule has 0 bridgehead atoms. The third-order valence-electron chi connectivity index (χ3n) is 5.23. The Balaban J connectivity index is 1.39. The van der Waals surface area contributed by atoms with Crippen LogP contribution in [0.1, 0.15) is 31.7 Å². The summed E-state index contributed by atoms with van der Waals surface area (Å²) in [5, 5.41) is 5.68. The van der Waals surface area contributed by atoms with E-state index in [9.17, 15) is 14.0 Å². The van der Waals surface area contributed by atoms with Gasteiger partial charge in [0.25, 0.3) is 0 Å². The first kappa shape index (κ1) is 21.6. The molecule has 0 atom stereocenters. The second-order valence-electron chi connectivity index (χ2n) is 7.39. The van der Waals surface area contributed by atoms with E-state index in [1.54, 1.807) is 23.1 Å². The number of hydrogen-bond acceptors (Lipinski definition) is 3. The van der Waals surface area contributed by atoms with E-state index in [-0.39, 0.29) is 30.2 Å². The highest BCUT2D eigenvalue weighted by Crippen LogP contribution is 2.22. The molecule has 6 nitrogen and oxygen atoms in total. The average molecular weight is 413 g/mol. The standard InChI is InChI=1S/C23H28FN3O3/c1-2-30-20-9-7-19(8-10-20)26-23(29)27-13-11-17(12-14-27)15-22(28)25-16-18-5-3-4-6-21(18)24/h3-10,17H,2,11-16H2,1H3,(H,25,28)(H,26,29). The molecule has 0 radical (unpaired) electrons. The molecule has 1 aliphatic rings. The van der Waals surface area contributed by atoms with E-state index in [4.69, 9.17) is 4.74 Å². The van der Waals surface area contributed by atoms with Gasteiger partial charge < -0.3 is 20.3 Å². The van der Waals surface area contributed by atoms with Gasteiger partial charge >= 0.3 is 6.03 Å². The van der Waals surface area contributed by atoms with E-state index in [0.29, 0.717) is 31.7 Å². The Hall–Kier alpha value is -3.09. The largest absolute Gasteiger partial charge is 0.494 e. The Bertz CT molecular complexity index is 849. The number of benzene rings is 2. The SMILES string of the molecule is CCOc1ccc(NC(=O)N2CCC(CC(=O)NCc3ccccc3F)CC2)cc1. The molecule has 0 spiro atoms. The first-order valence-electron chi connectivity index (χ1n) is 10.3. The van der Waals surface area contributed by atoms with Gasteiger partial charge in [-0.3, -0.25) is 4.79 Å². The number of nitrogens with one attached hydrogen (secondary N) is 2. The van der Waals surface area contributed by atoms with Gasteiger partial charge in [0.15, 0.2) is 0 Å². The molecule has 0 saturated carbocycles. The maximum atomic E-state index is 13.6. The molecule has 2 aromatic carbocycles. The monoisotopic (exact) mass is 413 g/mol. The van der Waals surface area contributed by atoms with Crippen molar-refractivity contribution in [1.29, 1.82) is 0 Å². The summed E-state index contributed by atoms with van der Waals surface area (Å²) in [5.74, 6) is 0.588. The summed E-state index contributed by atoms with van der Waals surface area (Å²) in [6.45, 7) is 3.92. The molecule has 3 amide bonds. The van der Waals surface area contributed by atoms with Crippen LogP contribution in [-0.4, -0.2) is 36.5 Å². The second-order valence-corrected chi connectivity index (χ2v) is 7.39. The lowest BCUT2D eigenvalue weighted by molar-refractivity contribution is -0.122. The Morgan fingerprint density at radius 3 is 2.47 bits per heavy atom. The van der Waals surface area contributed by atoms with Crippen LogP contribution in [0.25, 0.3) is 0 Å². The van der Waals surface area contributed by atoms with Crippen LogP contribution in [-0.2, 0) is 11.3 Å². The highest BCUT2D eigenvalue weighted by atomic mass is 19.1. The number of nitrogens with zero attached hydrogens (tertiary/aromatic N) is 1. The van der Waals surface area contributed by atoms with Gasteiger partial charge in [-0.25, -0.2) is 9.18 Å². The molecule has 0 unspecified atom stereocenters. The van der Waals surface area contributed by atoms with E-state index in [2.05, 4.69) is 10.6 Å². The van der Waals surface area contributed by atoms with Crippen molar-refractivity contribution in [2.75, 3.05) is 25.0 Å². The van der Waals surface area contributed by atoms with Gasteiger partial charge in [-0.2, -0.15) is 0 Å². The van der Waals surface area contributed by atoms with E-state index in [0.717, 1.165) is 24.3 Å². The Kier molecular flexibility index (Phi) is 7.65. The van der Waals surface area contributed by atoms with Gasteiger partial charge in [-0.15, -0.1) is 0 Å². The molecule has 3 rings (SSSR count). The molecule has 1 aliphatic heterocycles. The van der Waals surface area contributed by atoms with Crippen LogP contribution in [0.2, 0.25) is 0 Å². The third-order valence-corrected chi connectivity index (χ3v) is 5.23. The van der Waals surface area contributed by atoms with Crippen molar-refractivity contribution in [3.63, 3.8) is 0 Å². The molecule has 0 aromatic heterocycles. The molecule has 2 N–H and O–H groups in total. The molecule has 160 valence electrons. The highest BCUT2D eigenvalue weighted by Gasteiger charge is 2.24. The van der Waals surface area contributed by atoms with Crippen molar-refractivity contribution < 1.29 is 18.7 Å². The zero-order chi connectivity index (χ0) is 21.3. The topological polar surface area (TPSA) is 70.7 Å². The van der Waals surface area contributed by atoms with Gasteiger partial charge in [0.2, 0.25) is 5.91 Å². The quantitative estimate of drug-likeness (QED) is 0.716. The predicted molar refractivity (Wildman–Crippen MR) is 114 cm³/mol. The number of piperidine rings is 1. The van der Waals surface area contributed by atoms with Crippen LogP contribution in [0.4, 0.5) is 14.9 Å². The Morgan fingerprint density at radius 1 is 1.10 bits per heavy atom. The van der Waals surface area contributed by atoms with Crippen LogP contribution >= 0.6 is 0 Å². The van der Waals surface area contributed by atoms with E-state index >= 15 is 0 Å². The van der Waals surface area contributed by atoms with Crippen LogP contribution in [0.15, 0.2) is 48.5 Å². The maximum absolute atomic E-state index is 13.6. The number of likely N-dealkylation sites (tertiary alicyclic amines) is 1. The molecule has 30 heavy (non-hydrogen) atoms. The number of halogens is 1. The zero-order valence-electron chi connectivity index (χ0n) is 17.2. The molecular formula is C23H28FN3O3. The van der Waals surface area contributed by atoms with Crippen molar-refractivity contribution in [2.45, 2.75) is 32.7 Å². The molecule has 0 aliphatic carbocycles. The number of hydrogen-bond donors (Lipinski definition) is 2. The average Bonchev–Trinajstić information content (AvgIpc) is 2.75. The molecule has 1 saturated heterocycles. The second kappa shape index (κ2) is 10.6. The number of carbonyl (C=O) groups excluding carboxylic acids is 2. The zero-order valence-corrected chi connectivity index (χ0v) is 17.2. The van der Waals surface area contributed by atoms with Gasteiger partial charge in [0.05, 0.1) is 6.61 Å². The normalized spacial score (nSPS) is 14.3. The van der Waals surface area contributed by atoms with Crippen LogP contribution in [0, 0.1) is 11.7 Å². The fourth-order valence-corrected chi connectivity index (χ4v) is 3.51. The number of rotatable bonds is 7. The number of ether oxygens (including phenoxy) is 1. The number of amides is 3. The minimum Gasteiger partial charge on any atom is -0.494 e. The van der Waals surface area contributed by atoms with Crippen molar-refractivity contribution >= 4 is 17.6 Å². The number of urea groups is 1. The highest BCUT2D eigenvalue weighted by molar-refractivity contribution is 5.89. The number of carbonyl (C=O) groups is 2. The summed E-state index contributed by atoms with van der Waals surface area (Å²) in [6.07, 6.45) is 1.93. The first-order valence-corrected chi connectivity index (χ1v) is 10.3. The smallest absolute Gasteiger partial charge is 0.321 e. The van der Waals surface area contributed by atoms with Gasteiger partial charge in [0, 0.05) is 37.3 Å². The van der Waals surface area contributed by atoms with Gasteiger partial charge in [-0.05, 0) is 56.0 Å². The van der Waals surface area contributed by atoms with Crippen molar-refractivity contribution in [3.05, 3.63) is 59.9 Å². The lowest BCUT2D eigenvalue weighted by Crippen LogP contribution is -2.41. The predicted octanol–water partition coefficient (Wildman–Crippen LogP) is 4.17. The van der Waals surface area contributed by atoms with Crippen molar-refractivity contribution in [2.24, 2.45) is 5.92 Å². The summed E-state index contributed by atoms with van der Waals surface area (Å²) in [7, 11) is 0. The van der Waals surface area contributed by atoms with Crippen LogP contribution in [0.3, 0.4) is 0 Å². The molecular weight excluding hydrogens is 385 g/mol. The summed E-state index contributed by atoms with van der Waals surface area (Å²) >= 11 is 0. The Labute approximate surface area is 176 Å². The van der Waals surface area contributed by atoms with Gasteiger partial charge in [0.1, 0.15) is 11.6 Å². The summed E-state index contributed by atoms with van der Waals surface area (Å²) in [6, 6.07) is 13.6. The molecule has 7 heteroatoms. The van der Waals surface area contributed by atoms with Crippen LogP contribution < -0.4 is 15.4 Å². The minimum absolute atomic E-state index is 0.0875. The Morgan fingerprint density at radius 2 is 1.80 bits per heavy atom. The van der Waals surface area contributed by atoms with E-state index < -0.39 is 0 Å². The lowest BCUT2D eigenvalue weighted by atomic mass is 9.93. The van der Waals surface area contributed by atoms with Crippen molar-refractivity contribution in [1.82, 2.24) is 10.2 Å². The molecule has 1 heterocycles.